The number of hydrogen-bond donors (Lipinski definition) is 2. The second-order valence-corrected chi connectivity index (χ2v) is 4.90. The molecule has 3 heteroatoms. The van der Waals surface area contributed by atoms with E-state index in [1.165, 1.54) is 5.69 Å². The van der Waals surface area contributed by atoms with E-state index in [-0.39, 0.29) is 0 Å². The van der Waals surface area contributed by atoms with Crippen molar-refractivity contribution < 1.29 is 5.11 Å². The standard InChI is InChI=1S/C13H22N2O/c1-13(2,16)9-10-14-11-7-5-6-8-12(11)15(3)4/h5-8,14,16H,9-10H2,1-4H3. The maximum Gasteiger partial charge on any atom is 0.0608 e. The SMILES string of the molecule is CN(C)c1ccccc1NCCC(C)(C)O. The predicted octanol–water partition coefficient (Wildman–Crippen LogP) is 2.33. The Bertz CT molecular complexity index is 329. The number of aliphatic hydroxyl groups is 1. The molecule has 90 valence electrons. The monoisotopic (exact) mass is 222 g/mol. The van der Waals surface area contributed by atoms with Crippen LogP contribution in [0.3, 0.4) is 0 Å². The highest BCUT2D eigenvalue weighted by Gasteiger charge is 2.11. The molecule has 0 amide bonds. The van der Waals surface area contributed by atoms with E-state index in [1.54, 1.807) is 0 Å². The number of hydrogen-bond acceptors (Lipinski definition) is 3. The number of benzene rings is 1. The molecule has 0 aromatic heterocycles. The topological polar surface area (TPSA) is 35.5 Å². The van der Waals surface area contributed by atoms with Gasteiger partial charge in [0.05, 0.1) is 17.0 Å². The minimum atomic E-state index is -0.611. The zero-order valence-corrected chi connectivity index (χ0v) is 10.6. The van der Waals surface area contributed by atoms with Crippen molar-refractivity contribution in [2.45, 2.75) is 25.9 Å². The quantitative estimate of drug-likeness (QED) is 0.802. The Labute approximate surface area is 98.1 Å². The van der Waals surface area contributed by atoms with Gasteiger partial charge in [-0.3, -0.25) is 0 Å². The van der Waals surface area contributed by atoms with E-state index in [0.29, 0.717) is 0 Å². The highest BCUT2D eigenvalue weighted by atomic mass is 16.3. The average Bonchev–Trinajstić information content (AvgIpc) is 2.16. The van der Waals surface area contributed by atoms with Crippen molar-refractivity contribution in [3.05, 3.63) is 24.3 Å². The van der Waals surface area contributed by atoms with E-state index in [4.69, 9.17) is 0 Å². The molecule has 1 aromatic rings. The average molecular weight is 222 g/mol. The van der Waals surface area contributed by atoms with E-state index < -0.39 is 5.60 Å². The van der Waals surface area contributed by atoms with Crippen LogP contribution < -0.4 is 10.2 Å². The fourth-order valence-electron chi connectivity index (χ4n) is 1.52. The van der Waals surface area contributed by atoms with Gasteiger partial charge in [-0.25, -0.2) is 0 Å². The number of nitrogens with one attached hydrogen (secondary N) is 1. The van der Waals surface area contributed by atoms with Crippen molar-refractivity contribution in [1.29, 1.82) is 0 Å². The number of nitrogens with zero attached hydrogens (tertiary/aromatic N) is 1. The molecule has 0 radical (unpaired) electrons. The molecule has 3 nitrogen and oxygen atoms in total. The minimum absolute atomic E-state index is 0.611. The second kappa shape index (κ2) is 5.21. The summed E-state index contributed by atoms with van der Waals surface area (Å²) < 4.78 is 0. The zero-order chi connectivity index (χ0) is 12.2. The lowest BCUT2D eigenvalue weighted by molar-refractivity contribution is 0.0749. The molecule has 0 unspecified atom stereocenters. The van der Waals surface area contributed by atoms with Gasteiger partial charge < -0.3 is 15.3 Å². The molecule has 1 rings (SSSR count). The number of anilines is 2. The molecule has 0 saturated carbocycles. The fourth-order valence-corrected chi connectivity index (χ4v) is 1.52. The van der Waals surface area contributed by atoms with E-state index >= 15 is 0 Å². The van der Waals surface area contributed by atoms with Crippen LogP contribution in [-0.4, -0.2) is 31.3 Å². The largest absolute Gasteiger partial charge is 0.390 e. The van der Waals surface area contributed by atoms with E-state index in [1.807, 2.05) is 40.1 Å². The second-order valence-electron chi connectivity index (χ2n) is 4.90. The highest BCUT2D eigenvalue weighted by Crippen LogP contribution is 2.23. The van der Waals surface area contributed by atoms with Crippen LogP contribution in [0.15, 0.2) is 24.3 Å². The lowest BCUT2D eigenvalue weighted by atomic mass is 10.1. The summed E-state index contributed by atoms with van der Waals surface area (Å²) in [6.07, 6.45) is 0.731. The third-order valence-electron chi connectivity index (χ3n) is 2.44. The van der Waals surface area contributed by atoms with Gasteiger partial charge in [0.25, 0.3) is 0 Å². The molecule has 0 saturated heterocycles. The summed E-state index contributed by atoms with van der Waals surface area (Å²) in [5.74, 6) is 0. The molecule has 0 atom stereocenters. The Hall–Kier alpha value is -1.22. The first-order chi connectivity index (χ1) is 7.40. The maximum absolute atomic E-state index is 9.62. The molecular weight excluding hydrogens is 200 g/mol. The van der Waals surface area contributed by atoms with Crippen molar-refractivity contribution in [3.8, 4) is 0 Å². The Balaban J connectivity index is 2.60. The summed E-state index contributed by atoms with van der Waals surface area (Å²) >= 11 is 0. The summed E-state index contributed by atoms with van der Waals surface area (Å²) in [5.41, 5.74) is 1.66. The fraction of sp³-hybridized carbons (Fsp3) is 0.538. The molecule has 0 aliphatic heterocycles. The maximum atomic E-state index is 9.62. The van der Waals surface area contributed by atoms with Gasteiger partial charge in [0.2, 0.25) is 0 Å². The molecule has 0 bridgehead atoms. The van der Waals surface area contributed by atoms with Gasteiger partial charge in [0, 0.05) is 20.6 Å². The van der Waals surface area contributed by atoms with Crippen LogP contribution in [-0.2, 0) is 0 Å². The minimum Gasteiger partial charge on any atom is -0.390 e. The van der Waals surface area contributed by atoms with Gasteiger partial charge in [0.1, 0.15) is 0 Å². The summed E-state index contributed by atoms with van der Waals surface area (Å²) in [6.45, 7) is 4.42. The first kappa shape index (κ1) is 12.8. The molecule has 16 heavy (non-hydrogen) atoms. The van der Waals surface area contributed by atoms with Crippen LogP contribution in [0.4, 0.5) is 11.4 Å². The third kappa shape index (κ3) is 4.11. The smallest absolute Gasteiger partial charge is 0.0608 e. The van der Waals surface area contributed by atoms with Crippen molar-refractivity contribution in [3.63, 3.8) is 0 Å². The van der Waals surface area contributed by atoms with E-state index in [0.717, 1.165) is 18.7 Å². The van der Waals surface area contributed by atoms with Gasteiger partial charge in [-0.1, -0.05) is 12.1 Å². The lowest BCUT2D eigenvalue weighted by Gasteiger charge is -2.21. The first-order valence-electron chi connectivity index (χ1n) is 5.63. The molecule has 0 heterocycles. The lowest BCUT2D eigenvalue weighted by Crippen LogP contribution is -2.23. The molecule has 1 aromatic carbocycles. The van der Waals surface area contributed by atoms with Crippen LogP contribution in [0.2, 0.25) is 0 Å². The normalized spacial score (nSPS) is 11.3. The van der Waals surface area contributed by atoms with Gasteiger partial charge in [-0.15, -0.1) is 0 Å². The Morgan fingerprint density at radius 3 is 2.44 bits per heavy atom. The predicted molar refractivity (Wildman–Crippen MR) is 70.2 cm³/mol. The summed E-state index contributed by atoms with van der Waals surface area (Å²) in [7, 11) is 4.05. The van der Waals surface area contributed by atoms with Crippen LogP contribution in [0.1, 0.15) is 20.3 Å². The van der Waals surface area contributed by atoms with Crippen LogP contribution in [0.5, 0.6) is 0 Å². The first-order valence-corrected chi connectivity index (χ1v) is 5.63. The van der Waals surface area contributed by atoms with E-state index in [9.17, 15) is 5.11 Å². The third-order valence-corrected chi connectivity index (χ3v) is 2.44. The van der Waals surface area contributed by atoms with Gasteiger partial charge in [-0.05, 0) is 32.4 Å². The number of para-hydroxylation sites is 2. The van der Waals surface area contributed by atoms with Crippen molar-refractivity contribution in [2.75, 3.05) is 30.9 Å². The van der Waals surface area contributed by atoms with E-state index in [2.05, 4.69) is 22.3 Å². The Morgan fingerprint density at radius 2 is 1.88 bits per heavy atom. The van der Waals surface area contributed by atoms with Crippen LogP contribution in [0, 0.1) is 0 Å². The molecule has 0 aliphatic rings. The Morgan fingerprint density at radius 1 is 1.25 bits per heavy atom. The van der Waals surface area contributed by atoms with Crippen molar-refractivity contribution in [2.24, 2.45) is 0 Å². The number of rotatable bonds is 5. The van der Waals surface area contributed by atoms with Crippen LogP contribution in [0.25, 0.3) is 0 Å². The zero-order valence-electron chi connectivity index (χ0n) is 10.6. The summed E-state index contributed by atoms with van der Waals surface area (Å²) in [5, 5.41) is 13.0. The summed E-state index contributed by atoms with van der Waals surface area (Å²) in [4.78, 5) is 2.08. The molecule has 0 aliphatic carbocycles. The van der Waals surface area contributed by atoms with Crippen molar-refractivity contribution in [1.82, 2.24) is 0 Å². The van der Waals surface area contributed by atoms with Gasteiger partial charge >= 0.3 is 0 Å². The molecule has 0 fully saturated rings. The van der Waals surface area contributed by atoms with Gasteiger partial charge in [0.15, 0.2) is 0 Å². The van der Waals surface area contributed by atoms with Crippen LogP contribution >= 0.6 is 0 Å². The molecule has 0 spiro atoms. The Kier molecular flexibility index (Phi) is 4.19. The highest BCUT2D eigenvalue weighted by molar-refractivity contribution is 5.69. The summed E-state index contributed by atoms with van der Waals surface area (Å²) in [6, 6.07) is 8.17. The van der Waals surface area contributed by atoms with Crippen molar-refractivity contribution >= 4 is 11.4 Å². The molecule has 2 N–H and O–H groups in total. The molecular formula is C13H22N2O. The van der Waals surface area contributed by atoms with Gasteiger partial charge in [-0.2, -0.15) is 0 Å².